The summed E-state index contributed by atoms with van der Waals surface area (Å²) >= 11 is 0. The van der Waals surface area contributed by atoms with E-state index in [1.165, 1.54) is 30.3 Å². The van der Waals surface area contributed by atoms with E-state index < -0.39 is 23.8 Å². The molecule has 0 aliphatic carbocycles. The monoisotopic (exact) mass is 300 g/mol. The molecule has 21 heavy (non-hydrogen) atoms. The number of hydrogen-bond donors (Lipinski definition) is 0. The molecule has 0 saturated heterocycles. The molecule has 1 aromatic carbocycles. The maximum atomic E-state index is 12.5. The smallest absolute Gasteiger partial charge is 0.416 e. The van der Waals surface area contributed by atoms with Crippen molar-refractivity contribution in [2.75, 3.05) is 7.11 Å². The molecule has 0 amide bonds. The Bertz CT molecular complexity index is 596. The van der Waals surface area contributed by atoms with Crippen molar-refractivity contribution in [3.05, 3.63) is 41.7 Å². The quantitative estimate of drug-likeness (QED) is 0.803. The van der Waals surface area contributed by atoms with Gasteiger partial charge < -0.3 is 4.74 Å². The van der Waals surface area contributed by atoms with Crippen molar-refractivity contribution in [3.8, 4) is 0 Å². The largest absolute Gasteiger partial charge is 0.467 e. The number of ether oxygens (including phenoxy) is 1. The standard InChI is InChI=1S/C12H11F3N4O2/c1-21-11(20)10(19-7-16-17-18-19)6-8-2-4-9(5-3-8)12(13,14)15/h2-5,7,10H,6H2,1H3. The average Bonchev–Trinajstić information content (AvgIpc) is 2.97. The number of benzene rings is 1. The van der Waals surface area contributed by atoms with Crippen LogP contribution in [-0.4, -0.2) is 33.3 Å². The van der Waals surface area contributed by atoms with Gasteiger partial charge in [-0.05, 0) is 28.1 Å². The van der Waals surface area contributed by atoms with Crippen molar-refractivity contribution in [2.24, 2.45) is 0 Å². The molecular formula is C12H11F3N4O2. The highest BCUT2D eigenvalue weighted by Gasteiger charge is 2.30. The van der Waals surface area contributed by atoms with Gasteiger partial charge in [-0.25, -0.2) is 9.48 Å². The molecule has 6 nitrogen and oxygen atoms in total. The summed E-state index contributed by atoms with van der Waals surface area (Å²) in [6.07, 6.45) is -3.03. The third kappa shape index (κ3) is 3.56. The predicted octanol–water partition coefficient (Wildman–Crippen LogP) is 1.65. The molecule has 0 N–H and O–H groups in total. The molecule has 0 saturated carbocycles. The molecule has 9 heteroatoms. The summed E-state index contributed by atoms with van der Waals surface area (Å²) in [6, 6.07) is 3.71. The van der Waals surface area contributed by atoms with Gasteiger partial charge in [-0.3, -0.25) is 0 Å². The van der Waals surface area contributed by atoms with Gasteiger partial charge >= 0.3 is 12.1 Å². The van der Waals surface area contributed by atoms with E-state index in [4.69, 9.17) is 0 Å². The third-order valence-corrected chi connectivity index (χ3v) is 2.87. The van der Waals surface area contributed by atoms with Crippen LogP contribution in [0, 0.1) is 0 Å². The minimum absolute atomic E-state index is 0.121. The maximum Gasteiger partial charge on any atom is 0.416 e. The zero-order valence-electron chi connectivity index (χ0n) is 10.9. The van der Waals surface area contributed by atoms with Crippen molar-refractivity contribution in [2.45, 2.75) is 18.6 Å². The molecule has 112 valence electrons. The van der Waals surface area contributed by atoms with Crippen molar-refractivity contribution in [1.82, 2.24) is 20.2 Å². The van der Waals surface area contributed by atoms with E-state index in [1.54, 1.807) is 0 Å². The van der Waals surface area contributed by atoms with E-state index in [2.05, 4.69) is 20.3 Å². The van der Waals surface area contributed by atoms with Crippen LogP contribution >= 0.6 is 0 Å². The van der Waals surface area contributed by atoms with Gasteiger partial charge in [-0.1, -0.05) is 12.1 Å². The van der Waals surface area contributed by atoms with Crippen LogP contribution in [-0.2, 0) is 22.1 Å². The Hall–Kier alpha value is -2.45. The number of rotatable bonds is 4. The highest BCUT2D eigenvalue weighted by atomic mass is 19.4. The average molecular weight is 300 g/mol. The number of alkyl halides is 3. The highest BCUT2D eigenvalue weighted by molar-refractivity contribution is 5.74. The Morgan fingerprint density at radius 2 is 2.00 bits per heavy atom. The lowest BCUT2D eigenvalue weighted by Gasteiger charge is -2.14. The molecule has 1 heterocycles. The van der Waals surface area contributed by atoms with Gasteiger partial charge in [0.2, 0.25) is 0 Å². The Balaban J connectivity index is 2.19. The van der Waals surface area contributed by atoms with Crippen LogP contribution in [0.5, 0.6) is 0 Å². The first-order valence-corrected chi connectivity index (χ1v) is 5.88. The highest BCUT2D eigenvalue weighted by Crippen LogP contribution is 2.29. The summed E-state index contributed by atoms with van der Waals surface area (Å²) in [6.45, 7) is 0. The van der Waals surface area contributed by atoms with Gasteiger partial charge in [0.1, 0.15) is 6.33 Å². The molecule has 1 atom stereocenters. The van der Waals surface area contributed by atoms with E-state index in [0.717, 1.165) is 12.1 Å². The fourth-order valence-electron chi connectivity index (χ4n) is 1.79. The first-order valence-electron chi connectivity index (χ1n) is 5.88. The van der Waals surface area contributed by atoms with E-state index in [0.29, 0.717) is 5.56 Å². The fraction of sp³-hybridized carbons (Fsp3) is 0.333. The van der Waals surface area contributed by atoms with Crippen molar-refractivity contribution in [1.29, 1.82) is 0 Å². The summed E-state index contributed by atoms with van der Waals surface area (Å²) in [5.74, 6) is -0.581. The second-order valence-electron chi connectivity index (χ2n) is 4.23. The van der Waals surface area contributed by atoms with E-state index in [1.807, 2.05) is 0 Å². The number of tetrazole rings is 1. The topological polar surface area (TPSA) is 69.9 Å². The van der Waals surface area contributed by atoms with Crippen LogP contribution in [0.15, 0.2) is 30.6 Å². The number of esters is 1. The van der Waals surface area contributed by atoms with Crippen LogP contribution in [0.2, 0.25) is 0 Å². The molecule has 0 fully saturated rings. The van der Waals surface area contributed by atoms with Crippen molar-refractivity contribution in [3.63, 3.8) is 0 Å². The molecule has 1 aromatic heterocycles. The van der Waals surface area contributed by atoms with E-state index in [-0.39, 0.29) is 6.42 Å². The first-order chi connectivity index (χ1) is 9.91. The lowest BCUT2D eigenvalue weighted by molar-refractivity contribution is -0.145. The second-order valence-corrected chi connectivity index (χ2v) is 4.23. The van der Waals surface area contributed by atoms with Gasteiger partial charge in [-0.2, -0.15) is 13.2 Å². The van der Waals surface area contributed by atoms with Crippen LogP contribution in [0.3, 0.4) is 0 Å². The molecule has 2 rings (SSSR count). The van der Waals surface area contributed by atoms with Gasteiger partial charge in [0.05, 0.1) is 12.7 Å². The fourth-order valence-corrected chi connectivity index (χ4v) is 1.79. The van der Waals surface area contributed by atoms with Crippen molar-refractivity contribution >= 4 is 5.97 Å². The number of aromatic nitrogens is 4. The minimum Gasteiger partial charge on any atom is -0.467 e. The third-order valence-electron chi connectivity index (χ3n) is 2.87. The summed E-state index contributed by atoms with van der Waals surface area (Å²) in [5.41, 5.74) is -0.211. The zero-order chi connectivity index (χ0) is 15.5. The van der Waals surface area contributed by atoms with Crippen LogP contribution in [0.4, 0.5) is 13.2 Å². The number of carbonyl (C=O) groups is 1. The summed E-state index contributed by atoms with van der Waals surface area (Å²) in [5, 5.41) is 10.5. The van der Waals surface area contributed by atoms with Gasteiger partial charge in [-0.15, -0.1) is 5.10 Å². The van der Waals surface area contributed by atoms with Crippen molar-refractivity contribution < 1.29 is 22.7 Å². The molecule has 0 spiro atoms. The van der Waals surface area contributed by atoms with Gasteiger partial charge in [0, 0.05) is 6.42 Å². The second kappa shape index (κ2) is 5.90. The summed E-state index contributed by atoms with van der Waals surface area (Å²) < 4.78 is 43.3. The molecule has 0 bridgehead atoms. The molecule has 0 radical (unpaired) electrons. The SMILES string of the molecule is COC(=O)C(Cc1ccc(C(F)(F)F)cc1)n1cnnn1. The molecule has 0 aliphatic rings. The number of nitrogens with zero attached hydrogens (tertiary/aromatic N) is 4. The molecule has 2 aromatic rings. The van der Waals surface area contributed by atoms with Crippen LogP contribution in [0.1, 0.15) is 17.2 Å². The molecule has 0 aliphatic heterocycles. The molecular weight excluding hydrogens is 289 g/mol. The number of methoxy groups -OCH3 is 1. The van der Waals surface area contributed by atoms with Gasteiger partial charge in [0.25, 0.3) is 0 Å². The number of halogens is 3. The molecule has 1 unspecified atom stereocenters. The van der Waals surface area contributed by atoms with E-state index in [9.17, 15) is 18.0 Å². The Labute approximate surface area is 117 Å². The maximum absolute atomic E-state index is 12.5. The number of hydrogen-bond acceptors (Lipinski definition) is 5. The summed E-state index contributed by atoms with van der Waals surface area (Å²) in [4.78, 5) is 11.7. The lowest BCUT2D eigenvalue weighted by Crippen LogP contribution is -2.23. The predicted molar refractivity (Wildman–Crippen MR) is 64.0 cm³/mol. The number of carbonyl (C=O) groups excluding carboxylic acids is 1. The van der Waals surface area contributed by atoms with Crippen LogP contribution in [0.25, 0.3) is 0 Å². The minimum atomic E-state index is -4.39. The van der Waals surface area contributed by atoms with Gasteiger partial charge in [0.15, 0.2) is 6.04 Å². The Morgan fingerprint density at radius 1 is 1.33 bits per heavy atom. The van der Waals surface area contributed by atoms with Crippen LogP contribution < -0.4 is 0 Å². The first kappa shape index (κ1) is 14.9. The Kier molecular flexibility index (Phi) is 4.20. The summed E-state index contributed by atoms with van der Waals surface area (Å²) in [7, 11) is 1.21. The zero-order valence-corrected chi connectivity index (χ0v) is 10.9. The lowest BCUT2D eigenvalue weighted by atomic mass is 10.0. The van der Waals surface area contributed by atoms with E-state index >= 15 is 0 Å². The normalized spacial score (nSPS) is 13.0. The Morgan fingerprint density at radius 3 is 2.48 bits per heavy atom.